The minimum atomic E-state index is -0.555. The minimum absolute atomic E-state index is 0.114. The van der Waals surface area contributed by atoms with Gasteiger partial charge in [0.1, 0.15) is 11.3 Å². The lowest BCUT2D eigenvalue weighted by Crippen LogP contribution is -2.35. The number of carbonyl (C=O) groups excluding carboxylic acids is 1. The number of ether oxygens (including phenoxy) is 1. The summed E-state index contributed by atoms with van der Waals surface area (Å²) in [5, 5.41) is 10.8. The molecule has 0 saturated carbocycles. The van der Waals surface area contributed by atoms with E-state index in [4.69, 9.17) is 10.5 Å². The number of hydrogen-bond donors (Lipinski definition) is 1. The lowest BCUT2D eigenvalue weighted by molar-refractivity contribution is -0.383. The van der Waals surface area contributed by atoms with Gasteiger partial charge in [-0.25, -0.2) is 4.79 Å². The molecule has 23 heavy (non-hydrogen) atoms. The SMILES string of the molecule is CC(C)(C)OC(=O)N1C=C(c2ccc([N+](=O)[O-])c(N)c2)CCC1. The molecular weight excluding hydrogens is 298 g/mol. The molecule has 0 fully saturated rings. The third-order valence-electron chi connectivity index (χ3n) is 3.38. The number of hydrogen-bond acceptors (Lipinski definition) is 5. The Kier molecular flexibility index (Phi) is 4.58. The number of amides is 1. The number of carbonyl (C=O) groups is 1. The molecule has 1 aliphatic rings. The Balaban J connectivity index is 2.24. The highest BCUT2D eigenvalue weighted by Gasteiger charge is 2.24. The van der Waals surface area contributed by atoms with Gasteiger partial charge in [0.2, 0.25) is 0 Å². The summed E-state index contributed by atoms with van der Waals surface area (Å²) in [7, 11) is 0. The van der Waals surface area contributed by atoms with Gasteiger partial charge in [-0.3, -0.25) is 15.0 Å². The summed E-state index contributed by atoms with van der Waals surface area (Å²) in [5.74, 6) is 0. The molecule has 7 nitrogen and oxygen atoms in total. The van der Waals surface area contributed by atoms with E-state index < -0.39 is 16.6 Å². The Bertz CT molecular complexity index is 662. The summed E-state index contributed by atoms with van der Waals surface area (Å²) >= 11 is 0. The summed E-state index contributed by atoms with van der Waals surface area (Å²) in [5.41, 5.74) is 6.86. The molecule has 0 bridgehead atoms. The lowest BCUT2D eigenvalue weighted by atomic mass is 9.98. The number of allylic oxidation sites excluding steroid dienone is 1. The molecule has 1 amide bonds. The molecule has 2 N–H and O–H groups in total. The first-order chi connectivity index (χ1) is 10.7. The van der Waals surface area contributed by atoms with Gasteiger partial charge in [-0.05, 0) is 56.9 Å². The van der Waals surface area contributed by atoms with Gasteiger partial charge >= 0.3 is 6.09 Å². The second kappa shape index (κ2) is 6.28. The second-order valence-corrected chi connectivity index (χ2v) is 6.46. The Morgan fingerprint density at radius 1 is 1.39 bits per heavy atom. The van der Waals surface area contributed by atoms with Gasteiger partial charge in [0.25, 0.3) is 5.69 Å². The highest BCUT2D eigenvalue weighted by Crippen LogP contribution is 2.30. The molecule has 1 aromatic rings. The fraction of sp³-hybridized carbons (Fsp3) is 0.438. The predicted octanol–water partition coefficient (Wildman–Crippen LogP) is 3.55. The zero-order valence-electron chi connectivity index (χ0n) is 13.5. The van der Waals surface area contributed by atoms with Crippen LogP contribution >= 0.6 is 0 Å². The molecule has 1 aliphatic heterocycles. The molecule has 7 heteroatoms. The Labute approximate surface area is 134 Å². The van der Waals surface area contributed by atoms with Gasteiger partial charge in [-0.1, -0.05) is 0 Å². The van der Waals surface area contributed by atoms with Crippen molar-refractivity contribution in [1.82, 2.24) is 4.90 Å². The zero-order chi connectivity index (χ0) is 17.2. The quantitative estimate of drug-likeness (QED) is 0.510. The van der Waals surface area contributed by atoms with Crippen molar-refractivity contribution in [3.8, 4) is 0 Å². The van der Waals surface area contributed by atoms with E-state index in [9.17, 15) is 14.9 Å². The first kappa shape index (κ1) is 16.8. The van der Waals surface area contributed by atoms with Crippen molar-refractivity contribution in [3.05, 3.63) is 40.1 Å². The smallest absolute Gasteiger partial charge is 0.414 e. The van der Waals surface area contributed by atoms with Crippen LogP contribution in [-0.4, -0.2) is 28.1 Å². The molecule has 0 atom stereocenters. The molecule has 124 valence electrons. The normalized spacial score (nSPS) is 15.1. The third kappa shape index (κ3) is 4.21. The van der Waals surface area contributed by atoms with Crippen molar-refractivity contribution in [1.29, 1.82) is 0 Å². The number of nitrogens with two attached hydrogens (primary N) is 1. The molecule has 2 rings (SSSR count). The van der Waals surface area contributed by atoms with E-state index in [1.807, 2.05) is 20.8 Å². The van der Waals surface area contributed by atoms with E-state index >= 15 is 0 Å². The minimum Gasteiger partial charge on any atom is -0.443 e. The van der Waals surface area contributed by atoms with Crippen molar-refractivity contribution in [2.24, 2.45) is 0 Å². The maximum Gasteiger partial charge on any atom is 0.414 e. The molecule has 0 saturated heterocycles. The number of nitro groups is 1. The van der Waals surface area contributed by atoms with E-state index in [1.165, 1.54) is 11.0 Å². The van der Waals surface area contributed by atoms with Gasteiger partial charge in [0.05, 0.1) is 4.92 Å². The number of nitrogen functional groups attached to an aromatic ring is 1. The van der Waals surface area contributed by atoms with Crippen molar-refractivity contribution in [2.45, 2.75) is 39.2 Å². The molecule has 1 aromatic carbocycles. The third-order valence-corrected chi connectivity index (χ3v) is 3.38. The number of anilines is 1. The van der Waals surface area contributed by atoms with Gasteiger partial charge < -0.3 is 10.5 Å². The predicted molar refractivity (Wildman–Crippen MR) is 87.7 cm³/mol. The number of rotatable bonds is 2. The Hall–Kier alpha value is -2.57. The Morgan fingerprint density at radius 3 is 2.65 bits per heavy atom. The molecule has 0 aliphatic carbocycles. The highest BCUT2D eigenvalue weighted by molar-refractivity contribution is 5.77. The van der Waals surface area contributed by atoms with Gasteiger partial charge in [-0.15, -0.1) is 0 Å². The monoisotopic (exact) mass is 319 g/mol. The molecule has 0 aromatic heterocycles. The molecule has 0 unspecified atom stereocenters. The highest BCUT2D eigenvalue weighted by atomic mass is 16.6. The average molecular weight is 319 g/mol. The van der Waals surface area contributed by atoms with Crippen LogP contribution in [0.1, 0.15) is 39.2 Å². The van der Waals surface area contributed by atoms with Crippen LogP contribution in [0.15, 0.2) is 24.4 Å². The maximum absolute atomic E-state index is 12.1. The van der Waals surface area contributed by atoms with Crippen molar-refractivity contribution in [3.63, 3.8) is 0 Å². The zero-order valence-corrected chi connectivity index (χ0v) is 13.5. The van der Waals surface area contributed by atoms with Crippen LogP contribution < -0.4 is 5.73 Å². The van der Waals surface area contributed by atoms with Gasteiger partial charge in [-0.2, -0.15) is 0 Å². The second-order valence-electron chi connectivity index (χ2n) is 6.46. The largest absolute Gasteiger partial charge is 0.443 e. The van der Waals surface area contributed by atoms with Crippen LogP contribution in [0.3, 0.4) is 0 Å². The Morgan fingerprint density at radius 2 is 2.09 bits per heavy atom. The van der Waals surface area contributed by atoms with Crippen LogP contribution in [0.2, 0.25) is 0 Å². The molecular formula is C16H21N3O4. The standard InChI is InChI=1S/C16H21N3O4/c1-16(2,3)23-15(20)18-8-4-5-12(10-18)11-6-7-14(19(21)22)13(17)9-11/h6-7,9-10H,4-5,8,17H2,1-3H3. The van der Waals surface area contributed by atoms with Crippen molar-refractivity contribution >= 4 is 23.0 Å². The molecule has 0 radical (unpaired) electrons. The maximum atomic E-state index is 12.1. The summed E-state index contributed by atoms with van der Waals surface area (Å²) in [4.78, 5) is 24.0. The van der Waals surface area contributed by atoms with Crippen molar-refractivity contribution in [2.75, 3.05) is 12.3 Å². The van der Waals surface area contributed by atoms with Crippen molar-refractivity contribution < 1.29 is 14.5 Å². The van der Waals surface area contributed by atoms with Crippen LogP contribution in [0.5, 0.6) is 0 Å². The lowest BCUT2D eigenvalue weighted by Gasteiger charge is -2.28. The topological polar surface area (TPSA) is 98.7 Å². The first-order valence-corrected chi connectivity index (χ1v) is 7.42. The van der Waals surface area contributed by atoms with Crippen LogP contribution in [0.4, 0.5) is 16.2 Å². The summed E-state index contributed by atoms with van der Waals surface area (Å²) < 4.78 is 5.36. The van der Waals surface area contributed by atoms with Gasteiger partial charge in [0, 0.05) is 18.8 Å². The summed E-state index contributed by atoms with van der Waals surface area (Å²) in [6, 6.07) is 4.61. The van der Waals surface area contributed by atoms with Gasteiger partial charge in [0.15, 0.2) is 0 Å². The summed E-state index contributed by atoms with van der Waals surface area (Å²) in [6.07, 6.45) is 2.90. The van der Waals surface area contributed by atoms with E-state index in [0.29, 0.717) is 6.54 Å². The van der Waals surface area contributed by atoms with Crippen LogP contribution in [-0.2, 0) is 4.74 Å². The van der Waals surface area contributed by atoms with Crippen LogP contribution in [0.25, 0.3) is 5.57 Å². The summed E-state index contributed by atoms with van der Waals surface area (Å²) in [6.45, 7) is 6.03. The van der Waals surface area contributed by atoms with E-state index in [-0.39, 0.29) is 11.4 Å². The fourth-order valence-corrected chi connectivity index (χ4v) is 2.36. The molecule has 1 heterocycles. The fourth-order valence-electron chi connectivity index (χ4n) is 2.36. The van der Waals surface area contributed by atoms with E-state index in [2.05, 4.69) is 0 Å². The number of benzene rings is 1. The van der Waals surface area contributed by atoms with E-state index in [1.54, 1.807) is 18.3 Å². The molecule has 0 spiro atoms. The van der Waals surface area contributed by atoms with E-state index in [0.717, 1.165) is 24.0 Å². The van der Waals surface area contributed by atoms with Crippen LogP contribution in [0, 0.1) is 10.1 Å². The number of nitro benzene ring substituents is 1. The average Bonchev–Trinajstić information content (AvgIpc) is 2.45. The number of nitrogens with zero attached hydrogens (tertiary/aromatic N) is 2. The first-order valence-electron chi connectivity index (χ1n) is 7.42.